The van der Waals surface area contributed by atoms with Crippen LogP contribution in [-0.4, -0.2) is 0 Å². The first-order valence-corrected chi connectivity index (χ1v) is 6.65. The summed E-state index contributed by atoms with van der Waals surface area (Å²) >= 11 is 0. The van der Waals surface area contributed by atoms with Gasteiger partial charge in [-0.2, -0.15) is 0 Å². The minimum atomic E-state index is 0.643. The van der Waals surface area contributed by atoms with Gasteiger partial charge in [0.15, 0.2) is 0 Å². The first kappa shape index (κ1) is 12.7. The molecular formula is C17H20O. The second kappa shape index (κ2) is 6.85. The number of benzene rings is 2. The van der Waals surface area contributed by atoms with E-state index in [1.807, 2.05) is 24.3 Å². The molecule has 0 aliphatic rings. The fourth-order valence-corrected chi connectivity index (χ4v) is 1.95. The molecule has 0 bridgehead atoms. The van der Waals surface area contributed by atoms with E-state index in [9.17, 15) is 0 Å². The predicted octanol–water partition coefficient (Wildman–Crippen LogP) is 4.61. The first-order valence-electron chi connectivity index (χ1n) is 6.65. The summed E-state index contributed by atoms with van der Waals surface area (Å²) in [6.45, 7) is 2.86. The van der Waals surface area contributed by atoms with E-state index in [-0.39, 0.29) is 0 Å². The van der Waals surface area contributed by atoms with Crippen molar-refractivity contribution in [1.82, 2.24) is 0 Å². The van der Waals surface area contributed by atoms with E-state index < -0.39 is 0 Å². The van der Waals surface area contributed by atoms with Gasteiger partial charge >= 0.3 is 0 Å². The molecular weight excluding hydrogens is 220 g/mol. The molecule has 0 radical (unpaired) electrons. The largest absolute Gasteiger partial charge is 0.489 e. The van der Waals surface area contributed by atoms with E-state index in [1.54, 1.807) is 0 Å². The van der Waals surface area contributed by atoms with Gasteiger partial charge in [-0.25, -0.2) is 0 Å². The summed E-state index contributed by atoms with van der Waals surface area (Å²) < 4.78 is 5.92. The molecule has 0 amide bonds. The normalized spacial score (nSPS) is 10.3. The SMILES string of the molecule is CCCCc1ccccc1OCc1ccccc1. The van der Waals surface area contributed by atoms with Crippen molar-refractivity contribution in [3.8, 4) is 5.75 Å². The van der Waals surface area contributed by atoms with Gasteiger partial charge < -0.3 is 4.74 Å². The van der Waals surface area contributed by atoms with Crippen LogP contribution >= 0.6 is 0 Å². The molecule has 0 N–H and O–H groups in total. The maximum absolute atomic E-state index is 5.92. The first-order chi connectivity index (χ1) is 8.90. The summed E-state index contributed by atoms with van der Waals surface area (Å²) in [5, 5.41) is 0. The molecule has 0 spiro atoms. The van der Waals surface area contributed by atoms with Gasteiger partial charge in [0.25, 0.3) is 0 Å². The molecule has 2 rings (SSSR count). The lowest BCUT2D eigenvalue weighted by Crippen LogP contribution is -1.98. The van der Waals surface area contributed by atoms with Crippen molar-refractivity contribution in [2.45, 2.75) is 32.8 Å². The Labute approximate surface area is 109 Å². The molecule has 2 aromatic carbocycles. The van der Waals surface area contributed by atoms with Crippen molar-refractivity contribution in [3.05, 3.63) is 65.7 Å². The average molecular weight is 240 g/mol. The zero-order chi connectivity index (χ0) is 12.6. The molecule has 0 heterocycles. The van der Waals surface area contributed by atoms with Crippen LogP contribution in [0.3, 0.4) is 0 Å². The predicted molar refractivity (Wildman–Crippen MR) is 75.8 cm³/mol. The molecule has 94 valence electrons. The van der Waals surface area contributed by atoms with E-state index in [2.05, 4.69) is 37.3 Å². The van der Waals surface area contributed by atoms with Crippen LogP contribution in [-0.2, 0) is 13.0 Å². The van der Waals surface area contributed by atoms with Gasteiger partial charge in [0.05, 0.1) is 0 Å². The van der Waals surface area contributed by atoms with Crippen molar-refractivity contribution in [2.24, 2.45) is 0 Å². The number of hydrogen-bond acceptors (Lipinski definition) is 1. The summed E-state index contributed by atoms with van der Waals surface area (Å²) in [7, 11) is 0. The van der Waals surface area contributed by atoms with E-state index in [1.165, 1.54) is 24.0 Å². The van der Waals surface area contributed by atoms with Gasteiger partial charge in [-0.05, 0) is 30.0 Å². The van der Waals surface area contributed by atoms with Crippen LogP contribution in [0.25, 0.3) is 0 Å². The number of aryl methyl sites for hydroxylation is 1. The molecule has 18 heavy (non-hydrogen) atoms. The van der Waals surface area contributed by atoms with E-state index in [0.717, 1.165) is 12.2 Å². The monoisotopic (exact) mass is 240 g/mol. The Bertz CT molecular complexity index is 462. The highest BCUT2D eigenvalue weighted by Gasteiger charge is 2.02. The molecule has 1 heteroatoms. The quantitative estimate of drug-likeness (QED) is 0.716. The van der Waals surface area contributed by atoms with Crippen LogP contribution in [0.15, 0.2) is 54.6 Å². The van der Waals surface area contributed by atoms with Crippen LogP contribution in [0.5, 0.6) is 5.75 Å². The molecule has 1 nitrogen and oxygen atoms in total. The van der Waals surface area contributed by atoms with E-state index >= 15 is 0 Å². The Morgan fingerprint density at radius 2 is 1.61 bits per heavy atom. The number of rotatable bonds is 6. The Balaban J connectivity index is 2.00. The minimum absolute atomic E-state index is 0.643. The van der Waals surface area contributed by atoms with Crippen molar-refractivity contribution in [1.29, 1.82) is 0 Å². The van der Waals surface area contributed by atoms with Crippen molar-refractivity contribution >= 4 is 0 Å². The molecule has 0 atom stereocenters. The topological polar surface area (TPSA) is 9.23 Å². The Morgan fingerprint density at radius 1 is 0.889 bits per heavy atom. The van der Waals surface area contributed by atoms with E-state index in [4.69, 9.17) is 4.74 Å². The summed E-state index contributed by atoms with van der Waals surface area (Å²) in [5.74, 6) is 1.02. The molecule has 0 aliphatic carbocycles. The third-order valence-corrected chi connectivity index (χ3v) is 3.01. The fourth-order valence-electron chi connectivity index (χ4n) is 1.95. The summed E-state index contributed by atoms with van der Waals surface area (Å²) in [4.78, 5) is 0. The summed E-state index contributed by atoms with van der Waals surface area (Å²) in [6, 6.07) is 18.6. The number of unbranched alkanes of at least 4 members (excludes halogenated alkanes) is 1. The lowest BCUT2D eigenvalue weighted by Gasteiger charge is -2.11. The lowest BCUT2D eigenvalue weighted by molar-refractivity contribution is 0.302. The van der Waals surface area contributed by atoms with E-state index in [0.29, 0.717) is 6.61 Å². The van der Waals surface area contributed by atoms with Gasteiger partial charge in [0.2, 0.25) is 0 Å². The van der Waals surface area contributed by atoms with Crippen molar-refractivity contribution < 1.29 is 4.74 Å². The fraction of sp³-hybridized carbons (Fsp3) is 0.294. The zero-order valence-electron chi connectivity index (χ0n) is 10.9. The Hall–Kier alpha value is -1.76. The molecule has 0 aliphatic heterocycles. The minimum Gasteiger partial charge on any atom is -0.489 e. The highest BCUT2D eigenvalue weighted by Crippen LogP contribution is 2.21. The molecule has 0 saturated carbocycles. The summed E-state index contributed by atoms with van der Waals surface area (Å²) in [5.41, 5.74) is 2.53. The average Bonchev–Trinajstić information content (AvgIpc) is 2.45. The zero-order valence-corrected chi connectivity index (χ0v) is 10.9. The molecule has 0 unspecified atom stereocenters. The number of ether oxygens (including phenoxy) is 1. The molecule has 0 aromatic heterocycles. The van der Waals surface area contributed by atoms with Gasteiger partial charge in [-0.1, -0.05) is 61.9 Å². The highest BCUT2D eigenvalue weighted by molar-refractivity contribution is 5.33. The van der Waals surface area contributed by atoms with Crippen LogP contribution in [0.2, 0.25) is 0 Å². The second-order valence-corrected chi connectivity index (χ2v) is 4.49. The van der Waals surface area contributed by atoms with Crippen LogP contribution in [0, 0.1) is 0 Å². The van der Waals surface area contributed by atoms with Crippen molar-refractivity contribution in [3.63, 3.8) is 0 Å². The maximum atomic E-state index is 5.92. The third kappa shape index (κ3) is 3.63. The standard InChI is InChI=1S/C17H20O/c1-2-3-11-16-12-7-8-13-17(16)18-14-15-9-5-4-6-10-15/h4-10,12-13H,2-3,11,14H2,1H3. The summed E-state index contributed by atoms with van der Waals surface area (Å²) in [6.07, 6.45) is 3.53. The van der Waals surface area contributed by atoms with Crippen LogP contribution in [0.1, 0.15) is 30.9 Å². The third-order valence-electron chi connectivity index (χ3n) is 3.01. The molecule has 0 saturated heterocycles. The lowest BCUT2D eigenvalue weighted by atomic mass is 10.1. The maximum Gasteiger partial charge on any atom is 0.122 e. The van der Waals surface area contributed by atoms with Crippen LogP contribution < -0.4 is 4.74 Å². The van der Waals surface area contributed by atoms with Crippen LogP contribution in [0.4, 0.5) is 0 Å². The smallest absolute Gasteiger partial charge is 0.122 e. The number of para-hydroxylation sites is 1. The van der Waals surface area contributed by atoms with Gasteiger partial charge in [0.1, 0.15) is 12.4 Å². The molecule has 0 fully saturated rings. The Kier molecular flexibility index (Phi) is 4.83. The Morgan fingerprint density at radius 3 is 2.39 bits per heavy atom. The highest BCUT2D eigenvalue weighted by atomic mass is 16.5. The number of hydrogen-bond donors (Lipinski definition) is 0. The van der Waals surface area contributed by atoms with Gasteiger partial charge in [-0.3, -0.25) is 0 Å². The van der Waals surface area contributed by atoms with Gasteiger partial charge in [0, 0.05) is 0 Å². The van der Waals surface area contributed by atoms with Gasteiger partial charge in [-0.15, -0.1) is 0 Å². The second-order valence-electron chi connectivity index (χ2n) is 4.49. The molecule has 2 aromatic rings. The van der Waals surface area contributed by atoms with Crippen molar-refractivity contribution in [2.75, 3.05) is 0 Å².